The predicted octanol–water partition coefficient (Wildman–Crippen LogP) is 1.61. The molecule has 0 spiro atoms. The normalized spacial score (nSPS) is 24.2. The van der Waals surface area contributed by atoms with Crippen molar-refractivity contribution in [2.45, 2.75) is 51.5 Å². The number of aryl methyl sites for hydroxylation is 2. The molecule has 0 aromatic carbocycles. The molecule has 0 bridgehead atoms. The fourth-order valence-electron chi connectivity index (χ4n) is 2.75. The molecule has 0 saturated heterocycles. The number of carbonyl (C=O) groups excluding carboxylic acids is 1. The summed E-state index contributed by atoms with van der Waals surface area (Å²) in [5, 5.41) is 4.38. The highest BCUT2D eigenvalue weighted by Crippen LogP contribution is 2.25. The van der Waals surface area contributed by atoms with Gasteiger partial charge in [0.05, 0.1) is 5.69 Å². The van der Waals surface area contributed by atoms with Crippen molar-refractivity contribution in [2.24, 2.45) is 18.7 Å². The van der Waals surface area contributed by atoms with Gasteiger partial charge in [-0.3, -0.25) is 9.48 Å². The first-order valence-electron chi connectivity index (χ1n) is 6.90. The number of nitrogens with two attached hydrogens (primary N) is 1. The molecule has 2 unspecified atom stereocenters. The largest absolute Gasteiger partial charge is 0.328 e. The third-order valence-electron chi connectivity index (χ3n) is 3.92. The van der Waals surface area contributed by atoms with E-state index in [9.17, 15) is 4.79 Å². The maximum atomic E-state index is 12.3. The molecule has 1 aliphatic rings. The van der Waals surface area contributed by atoms with Crippen LogP contribution in [0.5, 0.6) is 0 Å². The Morgan fingerprint density at radius 2 is 2.33 bits per heavy atom. The van der Waals surface area contributed by atoms with Crippen LogP contribution in [0.15, 0.2) is 6.07 Å². The summed E-state index contributed by atoms with van der Waals surface area (Å²) in [5.74, 6) is 0.490. The van der Waals surface area contributed by atoms with Gasteiger partial charge >= 0.3 is 0 Å². The zero-order valence-corrected chi connectivity index (χ0v) is 11.4. The highest BCUT2D eigenvalue weighted by Gasteiger charge is 2.25. The summed E-state index contributed by atoms with van der Waals surface area (Å²) in [6, 6.07) is 2.26. The first-order valence-corrected chi connectivity index (χ1v) is 6.90. The van der Waals surface area contributed by atoms with E-state index in [1.807, 2.05) is 17.8 Å². The molecule has 0 aliphatic heterocycles. The van der Waals surface area contributed by atoms with Gasteiger partial charge in [-0.1, -0.05) is 13.3 Å². The van der Waals surface area contributed by atoms with Gasteiger partial charge in [-0.05, 0) is 31.7 Å². The van der Waals surface area contributed by atoms with Crippen LogP contribution in [0.3, 0.4) is 0 Å². The quantitative estimate of drug-likeness (QED) is 0.882. The lowest BCUT2D eigenvalue weighted by molar-refractivity contribution is -0.123. The van der Waals surface area contributed by atoms with E-state index in [1.54, 1.807) is 0 Å². The van der Waals surface area contributed by atoms with E-state index in [0.717, 1.165) is 43.5 Å². The second-order valence-corrected chi connectivity index (χ2v) is 5.37. The van der Waals surface area contributed by atoms with Crippen LogP contribution in [0.25, 0.3) is 0 Å². The van der Waals surface area contributed by atoms with E-state index in [4.69, 9.17) is 5.73 Å². The van der Waals surface area contributed by atoms with Crippen molar-refractivity contribution in [3.05, 3.63) is 17.5 Å². The molecule has 4 heteroatoms. The molecule has 1 heterocycles. The second-order valence-electron chi connectivity index (χ2n) is 5.37. The molecule has 0 radical (unpaired) electrons. The van der Waals surface area contributed by atoms with Gasteiger partial charge in [-0.2, -0.15) is 5.10 Å². The molecule has 1 saturated carbocycles. The van der Waals surface area contributed by atoms with E-state index in [1.165, 1.54) is 0 Å². The van der Waals surface area contributed by atoms with Crippen molar-refractivity contribution in [1.82, 2.24) is 9.78 Å². The monoisotopic (exact) mass is 249 g/mol. The summed E-state index contributed by atoms with van der Waals surface area (Å²) >= 11 is 0. The van der Waals surface area contributed by atoms with Crippen LogP contribution in [0.4, 0.5) is 0 Å². The Kier molecular flexibility index (Phi) is 4.17. The number of rotatable bonds is 4. The minimum Gasteiger partial charge on any atom is -0.328 e. The molecule has 4 nitrogen and oxygen atoms in total. The number of carbonyl (C=O) groups is 1. The van der Waals surface area contributed by atoms with Gasteiger partial charge in [0.25, 0.3) is 0 Å². The smallest absolute Gasteiger partial charge is 0.141 e. The third kappa shape index (κ3) is 2.99. The Labute approximate surface area is 109 Å². The molecule has 1 aromatic rings. The summed E-state index contributed by atoms with van der Waals surface area (Å²) in [6.07, 6.45) is 5.43. The van der Waals surface area contributed by atoms with Crippen LogP contribution in [-0.2, 0) is 24.7 Å². The molecule has 2 rings (SSSR count). The van der Waals surface area contributed by atoms with Crippen LogP contribution in [0.1, 0.15) is 44.0 Å². The third-order valence-corrected chi connectivity index (χ3v) is 3.92. The number of Topliss-reactive ketones (excluding diaryl/α,β-unsaturated/α-hetero) is 1. The number of ketones is 1. The fourth-order valence-corrected chi connectivity index (χ4v) is 2.75. The summed E-state index contributed by atoms with van der Waals surface area (Å²) in [7, 11) is 1.91. The Morgan fingerprint density at radius 1 is 1.56 bits per heavy atom. The molecular weight excluding hydrogens is 226 g/mol. The van der Waals surface area contributed by atoms with E-state index in [-0.39, 0.29) is 12.0 Å². The molecule has 18 heavy (non-hydrogen) atoms. The highest BCUT2D eigenvalue weighted by atomic mass is 16.1. The zero-order chi connectivity index (χ0) is 13.1. The molecule has 2 N–H and O–H groups in total. The Bertz CT molecular complexity index is 425. The first-order chi connectivity index (χ1) is 8.60. The van der Waals surface area contributed by atoms with Gasteiger partial charge in [0, 0.05) is 31.1 Å². The minimum atomic E-state index is 0.161. The van der Waals surface area contributed by atoms with Gasteiger partial charge in [-0.25, -0.2) is 0 Å². The van der Waals surface area contributed by atoms with Gasteiger partial charge in [0.1, 0.15) is 5.78 Å². The van der Waals surface area contributed by atoms with E-state index >= 15 is 0 Å². The molecule has 1 aliphatic carbocycles. The standard InChI is InChI=1S/C14H23N3O/c1-3-12-8-13(17(2)16-12)9-14(18)10-5-4-6-11(15)7-10/h8,10-11H,3-7,9,15H2,1-2H3. The fraction of sp³-hybridized carbons (Fsp3) is 0.714. The van der Waals surface area contributed by atoms with Crippen molar-refractivity contribution in [2.75, 3.05) is 0 Å². The van der Waals surface area contributed by atoms with Crippen molar-refractivity contribution >= 4 is 5.78 Å². The van der Waals surface area contributed by atoms with Gasteiger partial charge < -0.3 is 5.73 Å². The van der Waals surface area contributed by atoms with Crippen LogP contribution < -0.4 is 5.73 Å². The molecule has 2 atom stereocenters. The molecule has 1 fully saturated rings. The van der Waals surface area contributed by atoms with Crippen LogP contribution in [0.2, 0.25) is 0 Å². The first kappa shape index (κ1) is 13.3. The minimum absolute atomic E-state index is 0.161. The molecule has 100 valence electrons. The van der Waals surface area contributed by atoms with E-state index < -0.39 is 0 Å². The van der Waals surface area contributed by atoms with E-state index in [2.05, 4.69) is 12.0 Å². The van der Waals surface area contributed by atoms with Crippen LogP contribution >= 0.6 is 0 Å². The Hall–Kier alpha value is -1.16. The Morgan fingerprint density at radius 3 is 2.94 bits per heavy atom. The maximum Gasteiger partial charge on any atom is 0.141 e. The van der Waals surface area contributed by atoms with Gasteiger partial charge in [0.2, 0.25) is 0 Å². The van der Waals surface area contributed by atoms with Crippen molar-refractivity contribution in [1.29, 1.82) is 0 Å². The lowest BCUT2D eigenvalue weighted by atomic mass is 9.82. The summed E-state index contributed by atoms with van der Waals surface area (Å²) < 4.78 is 1.83. The van der Waals surface area contributed by atoms with Crippen LogP contribution in [-0.4, -0.2) is 21.6 Å². The van der Waals surface area contributed by atoms with Gasteiger partial charge in [0.15, 0.2) is 0 Å². The maximum absolute atomic E-state index is 12.3. The van der Waals surface area contributed by atoms with E-state index in [0.29, 0.717) is 12.2 Å². The summed E-state index contributed by atoms with van der Waals surface area (Å²) in [6.45, 7) is 2.08. The van der Waals surface area contributed by atoms with Crippen molar-refractivity contribution < 1.29 is 4.79 Å². The summed E-state index contributed by atoms with van der Waals surface area (Å²) in [5.41, 5.74) is 8.02. The number of hydrogen-bond donors (Lipinski definition) is 1. The average molecular weight is 249 g/mol. The predicted molar refractivity (Wildman–Crippen MR) is 71.2 cm³/mol. The second kappa shape index (κ2) is 5.65. The zero-order valence-electron chi connectivity index (χ0n) is 11.4. The highest BCUT2D eigenvalue weighted by molar-refractivity contribution is 5.83. The molecule has 1 aromatic heterocycles. The lowest BCUT2D eigenvalue weighted by Crippen LogP contribution is -2.32. The van der Waals surface area contributed by atoms with Gasteiger partial charge in [-0.15, -0.1) is 0 Å². The number of aromatic nitrogens is 2. The lowest BCUT2D eigenvalue weighted by Gasteiger charge is -2.25. The average Bonchev–Trinajstić information content (AvgIpc) is 2.70. The summed E-state index contributed by atoms with van der Waals surface area (Å²) in [4.78, 5) is 12.3. The topological polar surface area (TPSA) is 60.9 Å². The molecule has 0 amide bonds. The van der Waals surface area contributed by atoms with Crippen molar-refractivity contribution in [3.8, 4) is 0 Å². The van der Waals surface area contributed by atoms with Crippen molar-refractivity contribution in [3.63, 3.8) is 0 Å². The Balaban J connectivity index is 1.99. The number of nitrogens with zero attached hydrogens (tertiary/aromatic N) is 2. The van der Waals surface area contributed by atoms with Crippen LogP contribution in [0, 0.1) is 5.92 Å². The SMILES string of the molecule is CCc1cc(CC(=O)C2CCCC(N)C2)n(C)n1. The molecular formula is C14H23N3O. The number of hydrogen-bond acceptors (Lipinski definition) is 3.